The van der Waals surface area contributed by atoms with Gasteiger partial charge in [0, 0.05) is 25.2 Å². The van der Waals surface area contributed by atoms with E-state index >= 15 is 0 Å². The first-order chi connectivity index (χ1) is 18.8. The van der Waals surface area contributed by atoms with E-state index in [1.54, 1.807) is 6.07 Å². The van der Waals surface area contributed by atoms with Crippen molar-refractivity contribution >= 4 is 11.9 Å². The van der Waals surface area contributed by atoms with Crippen LogP contribution in [0, 0.1) is 0 Å². The number of amides is 1. The van der Waals surface area contributed by atoms with E-state index in [9.17, 15) is 15.0 Å². The third-order valence-electron chi connectivity index (χ3n) is 9.78. The van der Waals surface area contributed by atoms with E-state index in [2.05, 4.69) is 9.89 Å². The molecule has 2 aliphatic carbocycles. The number of likely N-dealkylation sites (N-methyl/N-ethyl adjacent to an activating group) is 1. The summed E-state index contributed by atoms with van der Waals surface area (Å²) in [5.41, 5.74) is 12.3. The van der Waals surface area contributed by atoms with Crippen LogP contribution in [0.1, 0.15) is 48.8 Å². The van der Waals surface area contributed by atoms with Crippen molar-refractivity contribution < 1.29 is 19.7 Å². The molecule has 2 fully saturated rings. The molecule has 4 aliphatic rings. The smallest absolute Gasteiger partial charge is 0.227 e. The van der Waals surface area contributed by atoms with E-state index in [1.807, 2.05) is 48.3 Å². The van der Waals surface area contributed by atoms with Crippen molar-refractivity contribution in [2.75, 3.05) is 26.7 Å². The maximum Gasteiger partial charge on any atom is 0.227 e. The summed E-state index contributed by atoms with van der Waals surface area (Å²) in [5, 5.41) is 23.5. The largest absolute Gasteiger partial charge is 0.504 e. The molecule has 1 spiro atoms. The molecule has 6 N–H and O–H groups in total. The van der Waals surface area contributed by atoms with Crippen LogP contribution in [0.5, 0.6) is 11.5 Å². The van der Waals surface area contributed by atoms with Gasteiger partial charge in [0.15, 0.2) is 17.5 Å². The number of aliphatic imine (C=N–C) groups is 1. The Kier molecular flexibility index (Phi) is 6.46. The van der Waals surface area contributed by atoms with Crippen molar-refractivity contribution in [2.45, 2.75) is 74.1 Å². The molecule has 9 heteroatoms. The van der Waals surface area contributed by atoms with Crippen molar-refractivity contribution in [3.63, 3.8) is 0 Å². The van der Waals surface area contributed by atoms with Crippen LogP contribution in [-0.2, 0) is 23.1 Å². The Hall–Kier alpha value is -3.30. The summed E-state index contributed by atoms with van der Waals surface area (Å²) < 4.78 is 6.62. The molecule has 1 saturated carbocycles. The number of carbonyl (C=O) groups excluding carboxylic acids is 1. The van der Waals surface area contributed by atoms with Crippen LogP contribution in [0.15, 0.2) is 47.5 Å². The molecule has 208 valence electrons. The number of rotatable bonds is 8. The molecule has 5 unspecified atom stereocenters. The molecule has 9 nitrogen and oxygen atoms in total. The molecule has 2 aromatic carbocycles. The van der Waals surface area contributed by atoms with Crippen LogP contribution < -0.4 is 16.2 Å². The maximum absolute atomic E-state index is 13.4. The van der Waals surface area contributed by atoms with Crippen LogP contribution in [0.2, 0.25) is 0 Å². The summed E-state index contributed by atoms with van der Waals surface area (Å²) in [7, 11) is 1.86. The van der Waals surface area contributed by atoms with Gasteiger partial charge < -0.3 is 31.3 Å². The van der Waals surface area contributed by atoms with Gasteiger partial charge in [-0.05, 0) is 68.8 Å². The van der Waals surface area contributed by atoms with Crippen LogP contribution in [-0.4, -0.2) is 82.4 Å². The Labute approximate surface area is 229 Å². The molecule has 2 aliphatic heterocycles. The Balaban J connectivity index is 1.30. The van der Waals surface area contributed by atoms with Gasteiger partial charge in [-0.3, -0.25) is 14.7 Å². The summed E-state index contributed by atoms with van der Waals surface area (Å²) in [6.07, 6.45) is 4.33. The third-order valence-corrected chi connectivity index (χ3v) is 9.78. The minimum Gasteiger partial charge on any atom is -0.504 e. The van der Waals surface area contributed by atoms with Crippen molar-refractivity contribution in [1.82, 2.24) is 9.80 Å². The molecule has 1 saturated heterocycles. The summed E-state index contributed by atoms with van der Waals surface area (Å²) in [5.74, 6) is 0.749. The Morgan fingerprint density at radius 2 is 1.97 bits per heavy atom. The zero-order valence-corrected chi connectivity index (χ0v) is 22.6. The van der Waals surface area contributed by atoms with Gasteiger partial charge in [0.05, 0.1) is 23.5 Å². The average Bonchev–Trinajstić information content (AvgIpc) is 3.27. The number of ether oxygens (including phenoxy) is 1. The topological polar surface area (TPSA) is 138 Å². The Morgan fingerprint density at radius 1 is 1.18 bits per heavy atom. The number of likely N-dealkylation sites (tertiary alicyclic amines) is 1. The maximum atomic E-state index is 13.4. The second kappa shape index (κ2) is 9.71. The van der Waals surface area contributed by atoms with Gasteiger partial charge in [-0.1, -0.05) is 36.4 Å². The van der Waals surface area contributed by atoms with Crippen LogP contribution in [0.25, 0.3) is 0 Å². The number of phenolic OH excluding ortho intramolecular Hbond substituents is 1. The fraction of sp³-hybridized carbons (Fsp3) is 0.533. The number of carbonyl (C=O) groups is 1. The lowest BCUT2D eigenvalue weighted by Crippen LogP contribution is -2.78. The number of aromatic hydroxyl groups is 1. The molecule has 2 bridgehead atoms. The number of guanidine groups is 1. The third kappa shape index (κ3) is 3.97. The molecular weight excluding hydrogens is 494 g/mol. The fourth-order valence-corrected chi connectivity index (χ4v) is 7.98. The highest BCUT2D eigenvalue weighted by Crippen LogP contribution is 2.65. The molecule has 0 aromatic heterocycles. The van der Waals surface area contributed by atoms with E-state index in [1.165, 1.54) is 0 Å². The van der Waals surface area contributed by atoms with Crippen LogP contribution in [0.4, 0.5) is 0 Å². The van der Waals surface area contributed by atoms with Crippen molar-refractivity contribution in [2.24, 2.45) is 16.5 Å². The summed E-state index contributed by atoms with van der Waals surface area (Å²) in [6, 6.07) is 13.2. The van der Waals surface area contributed by atoms with Gasteiger partial charge in [-0.2, -0.15) is 0 Å². The Bertz CT molecular complexity index is 1280. The van der Waals surface area contributed by atoms with E-state index in [0.717, 1.165) is 42.6 Å². The second-order valence-corrected chi connectivity index (χ2v) is 11.7. The molecule has 5 atom stereocenters. The summed E-state index contributed by atoms with van der Waals surface area (Å²) in [4.78, 5) is 21.8. The van der Waals surface area contributed by atoms with Crippen LogP contribution in [0.3, 0.4) is 0 Å². The number of unbranched alkanes of at least 4 members (excludes halogenated alkanes) is 1. The summed E-state index contributed by atoms with van der Waals surface area (Å²) in [6.45, 7) is 2.27. The molecule has 1 amide bonds. The van der Waals surface area contributed by atoms with E-state index in [-0.39, 0.29) is 29.7 Å². The Morgan fingerprint density at radius 3 is 2.74 bits per heavy atom. The number of benzene rings is 2. The zero-order chi connectivity index (χ0) is 27.4. The van der Waals surface area contributed by atoms with E-state index in [4.69, 9.17) is 16.2 Å². The molecule has 2 aromatic rings. The number of hydrogen-bond donors (Lipinski definition) is 4. The summed E-state index contributed by atoms with van der Waals surface area (Å²) >= 11 is 0. The highest BCUT2D eigenvalue weighted by molar-refractivity contribution is 5.79. The second-order valence-electron chi connectivity index (χ2n) is 11.7. The van der Waals surface area contributed by atoms with E-state index in [0.29, 0.717) is 44.4 Å². The fourth-order valence-electron chi connectivity index (χ4n) is 7.98. The molecular formula is C30H39N5O4. The van der Waals surface area contributed by atoms with Gasteiger partial charge in [0.25, 0.3) is 0 Å². The zero-order valence-electron chi connectivity index (χ0n) is 22.6. The van der Waals surface area contributed by atoms with Crippen molar-refractivity contribution in [3.8, 4) is 11.5 Å². The predicted molar refractivity (Wildman–Crippen MR) is 149 cm³/mol. The van der Waals surface area contributed by atoms with Gasteiger partial charge >= 0.3 is 0 Å². The van der Waals surface area contributed by atoms with Crippen LogP contribution >= 0.6 is 0 Å². The number of phenols is 1. The number of nitrogens with zero attached hydrogens (tertiary/aromatic N) is 3. The predicted octanol–water partition coefficient (Wildman–Crippen LogP) is 1.67. The van der Waals surface area contributed by atoms with Crippen molar-refractivity contribution in [3.05, 3.63) is 59.2 Å². The normalized spacial score (nSPS) is 30.3. The first-order valence-electron chi connectivity index (χ1n) is 14.1. The standard InChI is InChI=1S/C30H39N5O4/c1-34(24(37)17-19-7-3-2-4-8-19)21-11-12-30(38)23-18-20-9-10-22(36)26-25(20)29(30,27(21)39-26)13-16-35(23)15-6-5-14-33-28(31)32/h2-4,7-10,21,23,27,36,38H,5-6,11-18H2,1H3,(H4,31,32,33). The SMILES string of the molecule is CN(C(=O)Cc1ccccc1)C1CCC2(O)C3Cc4ccc(O)c5c4C2(CCN3CCCCN=C(N)N)C1O5. The number of nitrogens with two attached hydrogens (primary N) is 2. The first kappa shape index (κ1) is 26.0. The number of aliphatic hydroxyl groups is 1. The van der Waals surface area contributed by atoms with E-state index < -0.39 is 17.1 Å². The van der Waals surface area contributed by atoms with Crippen molar-refractivity contribution in [1.29, 1.82) is 0 Å². The first-order valence-corrected chi connectivity index (χ1v) is 14.1. The lowest BCUT2D eigenvalue weighted by atomic mass is 9.48. The number of hydrogen-bond acceptors (Lipinski definition) is 6. The highest BCUT2D eigenvalue weighted by Gasteiger charge is 2.73. The lowest BCUT2D eigenvalue weighted by Gasteiger charge is -2.64. The van der Waals surface area contributed by atoms with Gasteiger partial charge in [0.2, 0.25) is 5.91 Å². The van der Waals surface area contributed by atoms with Gasteiger partial charge in [-0.25, -0.2) is 0 Å². The monoisotopic (exact) mass is 533 g/mol. The van der Waals surface area contributed by atoms with Gasteiger partial charge in [-0.15, -0.1) is 0 Å². The lowest BCUT2D eigenvalue weighted by molar-refractivity contribution is -0.200. The molecule has 2 heterocycles. The molecule has 39 heavy (non-hydrogen) atoms. The molecule has 0 radical (unpaired) electrons. The number of piperidine rings is 1. The minimum atomic E-state index is -1.01. The quantitative estimate of drug-likeness (QED) is 0.230. The highest BCUT2D eigenvalue weighted by atomic mass is 16.5. The average molecular weight is 534 g/mol. The van der Waals surface area contributed by atoms with Gasteiger partial charge in [0.1, 0.15) is 6.10 Å². The minimum absolute atomic E-state index is 0.0302. The molecule has 6 rings (SSSR count).